The van der Waals surface area contributed by atoms with Crippen molar-refractivity contribution in [1.82, 2.24) is 15.2 Å². The molecule has 0 aliphatic heterocycles. The summed E-state index contributed by atoms with van der Waals surface area (Å²) in [6.45, 7) is 6.49. The first kappa shape index (κ1) is 20.9. The summed E-state index contributed by atoms with van der Waals surface area (Å²) in [5.74, 6) is 0.667. The Kier molecular flexibility index (Phi) is 6.40. The predicted molar refractivity (Wildman–Crippen MR) is 121 cm³/mol. The molecule has 0 spiro atoms. The number of rotatable bonds is 7. The summed E-state index contributed by atoms with van der Waals surface area (Å²) < 4.78 is 0. The van der Waals surface area contributed by atoms with Crippen molar-refractivity contribution in [2.45, 2.75) is 70.8 Å². The van der Waals surface area contributed by atoms with Crippen molar-refractivity contribution in [3.05, 3.63) is 65.0 Å². The molecular weight excluding hydrogens is 370 g/mol. The van der Waals surface area contributed by atoms with Gasteiger partial charge in [-0.3, -0.25) is 4.98 Å². The normalized spacial score (nSPS) is 18.1. The third-order valence-corrected chi connectivity index (χ3v) is 7.12. The second kappa shape index (κ2) is 9.20. The molecule has 4 rings (SSSR count). The molecule has 2 aliphatic rings. The Balaban J connectivity index is 1.51. The number of nitrogens with one attached hydrogen (secondary N) is 1. The number of hydrogen-bond acceptors (Lipinski definition) is 2. The van der Waals surface area contributed by atoms with Gasteiger partial charge in [-0.25, -0.2) is 4.79 Å². The van der Waals surface area contributed by atoms with Gasteiger partial charge >= 0.3 is 6.03 Å². The molecule has 1 N–H and O–H groups in total. The fourth-order valence-corrected chi connectivity index (χ4v) is 4.88. The Hall–Kier alpha value is -2.36. The number of pyridine rings is 1. The summed E-state index contributed by atoms with van der Waals surface area (Å²) in [7, 11) is 0. The minimum Gasteiger partial charge on any atom is -0.334 e. The highest BCUT2D eigenvalue weighted by atomic mass is 16.2. The van der Waals surface area contributed by atoms with Gasteiger partial charge in [0.1, 0.15) is 0 Å². The van der Waals surface area contributed by atoms with E-state index in [1.807, 2.05) is 12.3 Å². The molecule has 30 heavy (non-hydrogen) atoms. The predicted octanol–water partition coefficient (Wildman–Crippen LogP) is 5.52. The monoisotopic (exact) mass is 405 g/mol. The van der Waals surface area contributed by atoms with E-state index in [2.05, 4.69) is 54.4 Å². The number of urea groups is 1. The third kappa shape index (κ3) is 4.85. The maximum absolute atomic E-state index is 13.3. The Morgan fingerprint density at radius 3 is 2.60 bits per heavy atom. The molecule has 1 aromatic carbocycles. The molecule has 2 aromatic rings. The molecule has 1 heterocycles. The van der Waals surface area contributed by atoms with Crippen LogP contribution < -0.4 is 5.32 Å². The summed E-state index contributed by atoms with van der Waals surface area (Å²) in [6.07, 6.45) is 10.4. The third-order valence-electron chi connectivity index (χ3n) is 7.12. The lowest BCUT2D eigenvalue weighted by molar-refractivity contribution is 0.157. The van der Waals surface area contributed by atoms with Crippen LogP contribution in [0.4, 0.5) is 4.79 Å². The van der Waals surface area contributed by atoms with Crippen molar-refractivity contribution in [2.24, 2.45) is 5.92 Å². The second-order valence-corrected chi connectivity index (χ2v) is 9.40. The Morgan fingerprint density at radius 2 is 1.90 bits per heavy atom. The number of benzene rings is 1. The first-order valence-electron chi connectivity index (χ1n) is 11.6. The topological polar surface area (TPSA) is 45.2 Å². The lowest BCUT2D eigenvalue weighted by Gasteiger charge is -2.41. The number of carbonyl (C=O) groups excluding carboxylic acids is 1. The molecule has 2 aliphatic carbocycles. The van der Waals surface area contributed by atoms with Gasteiger partial charge in [0, 0.05) is 36.9 Å². The van der Waals surface area contributed by atoms with E-state index < -0.39 is 0 Å². The number of carbonyl (C=O) groups is 1. The quantitative estimate of drug-likeness (QED) is 0.659. The molecule has 160 valence electrons. The molecule has 2 saturated carbocycles. The van der Waals surface area contributed by atoms with E-state index in [1.165, 1.54) is 48.8 Å². The van der Waals surface area contributed by atoms with Gasteiger partial charge in [-0.05, 0) is 74.3 Å². The number of amides is 2. The zero-order valence-corrected chi connectivity index (χ0v) is 18.5. The van der Waals surface area contributed by atoms with Crippen LogP contribution in [-0.4, -0.2) is 29.0 Å². The maximum Gasteiger partial charge on any atom is 0.317 e. The average Bonchev–Trinajstić information content (AvgIpc) is 3.59. The van der Waals surface area contributed by atoms with Gasteiger partial charge < -0.3 is 10.2 Å². The van der Waals surface area contributed by atoms with Crippen LogP contribution in [0.15, 0.2) is 42.6 Å². The van der Waals surface area contributed by atoms with Gasteiger partial charge in [-0.1, -0.05) is 43.5 Å². The number of aromatic nitrogens is 1. The molecule has 0 saturated heterocycles. The number of aryl methyl sites for hydroxylation is 1. The van der Waals surface area contributed by atoms with Gasteiger partial charge in [-0.2, -0.15) is 0 Å². The standard InChI is InChI=1S/C26H35N3O/c1-20-9-8-10-23(21(20)2)17-28-25(30)29(18-22-12-13-22)19-26(14-5-3-6-15-26)24-11-4-7-16-27-24/h4,7-11,16,22H,3,5-6,12-15,17-19H2,1-2H3,(H,28,30). The summed E-state index contributed by atoms with van der Waals surface area (Å²) in [5.41, 5.74) is 4.89. The van der Waals surface area contributed by atoms with Crippen LogP contribution in [0.1, 0.15) is 67.3 Å². The summed E-state index contributed by atoms with van der Waals surface area (Å²) in [4.78, 5) is 20.2. The van der Waals surface area contributed by atoms with E-state index in [4.69, 9.17) is 4.98 Å². The smallest absolute Gasteiger partial charge is 0.317 e. The van der Waals surface area contributed by atoms with Crippen LogP contribution >= 0.6 is 0 Å². The van der Waals surface area contributed by atoms with Crippen molar-refractivity contribution in [2.75, 3.05) is 13.1 Å². The van der Waals surface area contributed by atoms with Crippen LogP contribution in [0.2, 0.25) is 0 Å². The van der Waals surface area contributed by atoms with E-state index in [9.17, 15) is 4.79 Å². The van der Waals surface area contributed by atoms with Crippen LogP contribution in [0.5, 0.6) is 0 Å². The van der Waals surface area contributed by atoms with E-state index in [-0.39, 0.29) is 11.4 Å². The van der Waals surface area contributed by atoms with Crippen LogP contribution in [0.3, 0.4) is 0 Å². The molecular formula is C26H35N3O. The van der Waals surface area contributed by atoms with Crippen molar-refractivity contribution in [1.29, 1.82) is 0 Å². The van der Waals surface area contributed by atoms with Crippen molar-refractivity contribution in [3.63, 3.8) is 0 Å². The zero-order chi connectivity index (χ0) is 21.0. The second-order valence-electron chi connectivity index (χ2n) is 9.40. The molecule has 0 radical (unpaired) electrons. The molecule has 2 amide bonds. The average molecular weight is 406 g/mol. The van der Waals surface area contributed by atoms with Crippen molar-refractivity contribution in [3.8, 4) is 0 Å². The van der Waals surface area contributed by atoms with E-state index in [0.29, 0.717) is 12.5 Å². The molecule has 4 heteroatoms. The Morgan fingerprint density at radius 1 is 1.10 bits per heavy atom. The van der Waals surface area contributed by atoms with E-state index in [0.717, 1.165) is 31.6 Å². The molecule has 0 atom stereocenters. The highest BCUT2D eigenvalue weighted by Gasteiger charge is 2.39. The summed E-state index contributed by atoms with van der Waals surface area (Å²) in [6, 6.07) is 12.6. The molecule has 2 fully saturated rings. The summed E-state index contributed by atoms with van der Waals surface area (Å²) >= 11 is 0. The number of hydrogen-bond donors (Lipinski definition) is 1. The van der Waals surface area contributed by atoms with Gasteiger partial charge in [0.05, 0.1) is 0 Å². The largest absolute Gasteiger partial charge is 0.334 e. The van der Waals surface area contributed by atoms with E-state index >= 15 is 0 Å². The van der Waals surface area contributed by atoms with Crippen molar-refractivity contribution >= 4 is 6.03 Å². The minimum atomic E-state index is -0.00894. The first-order valence-corrected chi connectivity index (χ1v) is 11.6. The van der Waals surface area contributed by atoms with Crippen molar-refractivity contribution < 1.29 is 4.79 Å². The Bertz CT molecular complexity index is 854. The molecule has 4 nitrogen and oxygen atoms in total. The van der Waals surface area contributed by atoms with Crippen LogP contribution in [0, 0.1) is 19.8 Å². The minimum absolute atomic E-state index is 0.00894. The van der Waals surface area contributed by atoms with Crippen LogP contribution in [-0.2, 0) is 12.0 Å². The van der Waals surface area contributed by atoms with Gasteiger partial charge in [0.2, 0.25) is 0 Å². The maximum atomic E-state index is 13.3. The number of nitrogens with zero attached hydrogens (tertiary/aromatic N) is 2. The summed E-state index contributed by atoms with van der Waals surface area (Å²) in [5, 5.41) is 3.23. The highest BCUT2D eigenvalue weighted by Crippen LogP contribution is 2.40. The lowest BCUT2D eigenvalue weighted by atomic mass is 9.71. The SMILES string of the molecule is Cc1cccc(CNC(=O)N(CC2CC2)CC2(c3ccccn3)CCCCC2)c1C. The Labute approximate surface area is 181 Å². The fraction of sp³-hybridized carbons (Fsp3) is 0.538. The van der Waals surface area contributed by atoms with E-state index in [1.54, 1.807) is 0 Å². The first-order chi connectivity index (χ1) is 14.6. The highest BCUT2D eigenvalue weighted by molar-refractivity contribution is 5.74. The van der Waals surface area contributed by atoms with Gasteiger partial charge in [-0.15, -0.1) is 0 Å². The zero-order valence-electron chi connectivity index (χ0n) is 18.5. The molecule has 0 unspecified atom stereocenters. The van der Waals surface area contributed by atoms with Gasteiger partial charge in [0.15, 0.2) is 0 Å². The lowest BCUT2D eigenvalue weighted by Crippen LogP contribution is -2.49. The fourth-order valence-electron chi connectivity index (χ4n) is 4.88. The molecule has 1 aromatic heterocycles. The molecule has 0 bridgehead atoms. The van der Waals surface area contributed by atoms with Crippen LogP contribution in [0.25, 0.3) is 0 Å². The van der Waals surface area contributed by atoms with Gasteiger partial charge in [0.25, 0.3) is 0 Å².